The van der Waals surface area contributed by atoms with Gasteiger partial charge in [0, 0.05) is 33.8 Å². The molecule has 172 valence electrons. The van der Waals surface area contributed by atoms with Gasteiger partial charge in [-0.25, -0.2) is 14.4 Å². The van der Waals surface area contributed by atoms with Crippen molar-refractivity contribution in [2.75, 3.05) is 22.6 Å². The molecule has 2 aromatic heterocycles. The van der Waals surface area contributed by atoms with E-state index in [1.165, 1.54) is 37.4 Å². The van der Waals surface area contributed by atoms with Gasteiger partial charge in [-0.2, -0.15) is 13.8 Å². The van der Waals surface area contributed by atoms with Gasteiger partial charge < -0.3 is 10.6 Å². The fourth-order valence-corrected chi connectivity index (χ4v) is 2.81. The van der Waals surface area contributed by atoms with Gasteiger partial charge in [0.1, 0.15) is 11.5 Å². The second-order valence-electron chi connectivity index (χ2n) is 6.66. The maximum atomic E-state index is 13.7. The van der Waals surface area contributed by atoms with Gasteiger partial charge in [-0.05, 0) is 31.2 Å². The van der Waals surface area contributed by atoms with Crippen molar-refractivity contribution in [2.24, 2.45) is 0 Å². The van der Waals surface area contributed by atoms with Gasteiger partial charge in [0.2, 0.25) is 5.95 Å². The molecule has 2 heterocycles. The summed E-state index contributed by atoms with van der Waals surface area (Å²) in [5, 5.41) is 5.46. The van der Waals surface area contributed by atoms with Crippen LogP contribution in [-0.4, -0.2) is 33.2 Å². The maximum absolute atomic E-state index is 13.7. The lowest BCUT2D eigenvalue weighted by Crippen LogP contribution is -2.31. The Labute approximate surface area is 199 Å². The van der Waals surface area contributed by atoms with Crippen LogP contribution in [0.4, 0.5) is 36.3 Å². The molecular weight excluding hydrogens is 554 g/mol. The summed E-state index contributed by atoms with van der Waals surface area (Å²) in [6, 6.07) is 8.74. The van der Waals surface area contributed by atoms with E-state index in [2.05, 4.69) is 36.4 Å². The molecule has 33 heavy (non-hydrogen) atoms. The van der Waals surface area contributed by atoms with Crippen molar-refractivity contribution >= 4 is 57.4 Å². The van der Waals surface area contributed by atoms with E-state index in [1.807, 2.05) is 0 Å². The van der Waals surface area contributed by atoms with Crippen molar-refractivity contribution in [1.29, 1.82) is 0 Å². The molecule has 0 unspecified atom stereocenters. The molecule has 0 saturated heterocycles. The number of rotatable bonds is 9. The molecule has 13 heteroatoms. The number of nitrogens with zero attached hydrogens (tertiary/aromatic N) is 3. The van der Waals surface area contributed by atoms with Gasteiger partial charge in [-0.3, -0.25) is 20.4 Å². The van der Waals surface area contributed by atoms with E-state index in [9.17, 15) is 22.8 Å². The Kier molecular flexibility index (Phi) is 7.63. The van der Waals surface area contributed by atoms with E-state index in [0.29, 0.717) is 11.4 Å². The predicted octanol–water partition coefficient (Wildman–Crippen LogP) is 4.00. The lowest BCUT2D eigenvalue weighted by atomic mass is 10.2. The summed E-state index contributed by atoms with van der Waals surface area (Å²) in [6.45, 7) is 1.22. The first-order valence-corrected chi connectivity index (χ1v) is 10.4. The summed E-state index contributed by atoms with van der Waals surface area (Å²) in [7, 11) is 0. The fraction of sp³-hybridized carbons (Fsp3) is 0.150. The number of carbonyl (C=O) groups excluding carboxylic acids is 2. The lowest BCUT2D eigenvalue weighted by molar-refractivity contribution is -0.115. The van der Waals surface area contributed by atoms with Crippen molar-refractivity contribution in [2.45, 2.75) is 10.9 Å². The largest absolute Gasteiger partial charge is 0.360 e. The summed E-state index contributed by atoms with van der Waals surface area (Å²) in [6.07, 6.45) is 2.24. The van der Waals surface area contributed by atoms with Crippen molar-refractivity contribution in [3.8, 4) is 0 Å². The Hall–Kier alpha value is -3.49. The summed E-state index contributed by atoms with van der Waals surface area (Å²) in [5.74, 6) is -1.91. The first-order chi connectivity index (χ1) is 15.6. The van der Waals surface area contributed by atoms with Gasteiger partial charge in [0.25, 0.3) is 5.91 Å². The minimum Gasteiger partial charge on any atom is -0.360 e. The molecular formula is C20H17F3IN7O2. The molecule has 0 aliphatic rings. The smallest absolute Gasteiger partial charge is 0.321 e. The van der Waals surface area contributed by atoms with Crippen LogP contribution in [0.3, 0.4) is 0 Å². The number of anilines is 4. The third kappa shape index (κ3) is 7.00. The summed E-state index contributed by atoms with van der Waals surface area (Å²) >= 11 is 1.06. The highest BCUT2D eigenvalue weighted by Gasteiger charge is 2.26. The highest BCUT2D eigenvalue weighted by molar-refractivity contribution is 14.1. The molecule has 0 aliphatic heterocycles. The van der Waals surface area contributed by atoms with Gasteiger partial charge in [0.15, 0.2) is 11.6 Å². The van der Waals surface area contributed by atoms with Crippen LogP contribution in [0.2, 0.25) is 0 Å². The van der Waals surface area contributed by atoms with Gasteiger partial charge >= 0.3 is 3.93 Å². The number of carbonyl (C=O) groups is 2. The molecule has 0 fully saturated rings. The van der Waals surface area contributed by atoms with Gasteiger partial charge in [-0.15, -0.1) is 0 Å². The third-order valence-corrected chi connectivity index (χ3v) is 4.63. The number of Topliss-reactive ketones (excluding diaryl/α,β-unsaturated/α-hetero) is 1. The molecule has 0 radical (unpaired) electrons. The van der Waals surface area contributed by atoms with E-state index in [4.69, 9.17) is 0 Å². The molecule has 0 saturated carbocycles. The zero-order valence-corrected chi connectivity index (χ0v) is 19.2. The van der Waals surface area contributed by atoms with Crippen molar-refractivity contribution in [1.82, 2.24) is 20.4 Å². The zero-order valence-electron chi connectivity index (χ0n) is 17.0. The Bertz CT molecular complexity index is 1160. The van der Waals surface area contributed by atoms with E-state index >= 15 is 0 Å². The highest BCUT2D eigenvalue weighted by atomic mass is 127. The average molecular weight is 571 g/mol. The number of halogens is 4. The molecule has 0 spiro atoms. The molecule has 3 rings (SSSR count). The van der Waals surface area contributed by atoms with Crippen molar-refractivity contribution in [3.63, 3.8) is 0 Å². The van der Waals surface area contributed by atoms with Gasteiger partial charge in [-0.1, -0.05) is 12.1 Å². The van der Waals surface area contributed by atoms with Crippen LogP contribution < -0.4 is 21.5 Å². The topological polar surface area (TPSA) is 121 Å². The van der Waals surface area contributed by atoms with Crippen LogP contribution in [0, 0.1) is 5.82 Å². The maximum Gasteiger partial charge on any atom is 0.321 e. The van der Waals surface area contributed by atoms with Crippen LogP contribution in [0.25, 0.3) is 0 Å². The molecule has 0 atom stereocenters. The second-order valence-corrected chi connectivity index (χ2v) is 8.02. The van der Waals surface area contributed by atoms with Crippen LogP contribution >= 0.6 is 22.6 Å². The van der Waals surface area contributed by atoms with Gasteiger partial charge in [0.05, 0.1) is 24.6 Å². The third-order valence-electron chi connectivity index (χ3n) is 4.01. The molecule has 3 aromatic rings. The quantitative estimate of drug-likeness (QED) is 0.173. The highest BCUT2D eigenvalue weighted by Crippen LogP contribution is 2.36. The minimum atomic E-state index is -3.00. The number of aromatic nitrogens is 3. The molecule has 4 N–H and O–H groups in total. The summed E-state index contributed by atoms with van der Waals surface area (Å²) in [5.41, 5.74) is 5.57. The van der Waals surface area contributed by atoms with E-state index < -0.39 is 15.7 Å². The Morgan fingerprint density at radius 1 is 1.09 bits per heavy atom. The Balaban J connectivity index is 1.60. The zero-order chi connectivity index (χ0) is 24.0. The van der Waals surface area contributed by atoms with Crippen molar-refractivity contribution < 1.29 is 22.8 Å². The molecule has 1 amide bonds. The van der Waals surface area contributed by atoms with Crippen molar-refractivity contribution in [3.05, 3.63) is 65.9 Å². The number of nitrogens with one attached hydrogen (secondary N) is 4. The number of alkyl halides is 3. The summed E-state index contributed by atoms with van der Waals surface area (Å²) in [4.78, 5) is 34.9. The first kappa shape index (κ1) is 24.2. The Morgan fingerprint density at radius 3 is 2.55 bits per heavy atom. The fourth-order valence-electron chi connectivity index (χ4n) is 2.48. The minimum absolute atomic E-state index is 0.0395. The van der Waals surface area contributed by atoms with E-state index in [1.54, 1.807) is 12.1 Å². The average Bonchev–Trinajstić information content (AvgIpc) is 2.77. The second kappa shape index (κ2) is 10.4. The SMILES string of the molecule is CC(=O)CNc1nc(NNC(=O)c2ccc(Nc3cccc(C(F)(F)I)c3)cn2)ncc1F. The molecule has 9 nitrogen and oxygen atoms in total. The number of hydrogen-bond donors (Lipinski definition) is 4. The number of hydrogen-bond acceptors (Lipinski definition) is 8. The van der Waals surface area contributed by atoms with Crippen LogP contribution in [0.5, 0.6) is 0 Å². The summed E-state index contributed by atoms with van der Waals surface area (Å²) < 4.78 is 37.6. The monoisotopic (exact) mass is 571 g/mol. The number of hydrazine groups is 1. The number of amides is 1. The molecule has 1 aromatic carbocycles. The van der Waals surface area contributed by atoms with Crippen LogP contribution in [0.1, 0.15) is 23.0 Å². The number of benzene rings is 1. The molecule has 0 bridgehead atoms. The predicted molar refractivity (Wildman–Crippen MR) is 124 cm³/mol. The van der Waals surface area contributed by atoms with E-state index in [-0.39, 0.29) is 35.4 Å². The number of pyridine rings is 1. The Morgan fingerprint density at radius 2 is 1.88 bits per heavy atom. The van der Waals surface area contributed by atoms with E-state index in [0.717, 1.165) is 28.8 Å². The number of ketones is 1. The molecule has 0 aliphatic carbocycles. The normalized spacial score (nSPS) is 10.9. The van der Waals surface area contributed by atoms with Crippen LogP contribution in [-0.2, 0) is 8.72 Å². The standard InChI is InChI=1S/C20H17F3IN7O2/c1-11(32)8-26-17-15(21)10-27-19(29-17)31-30-18(33)16-6-5-14(9-25-16)28-13-4-2-3-12(7-13)20(22,23)24/h2-7,9-10,28H,8H2,1H3,(H,30,33)(H2,26,27,29,31). The first-order valence-electron chi connectivity index (χ1n) is 9.34. The lowest BCUT2D eigenvalue weighted by Gasteiger charge is -2.12. The van der Waals surface area contributed by atoms with Crippen LogP contribution in [0.15, 0.2) is 48.8 Å².